The smallest absolute Gasteiger partial charge is 0.203 e. The van der Waals surface area contributed by atoms with Crippen molar-refractivity contribution in [1.29, 1.82) is 0 Å². The summed E-state index contributed by atoms with van der Waals surface area (Å²) in [5, 5.41) is 1.94. The summed E-state index contributed by atoms with van der Waals surface area (Å²) in [6.45, 7) is 3.86. The minimum Gasteiger partial charge on any atom is -0.399 e. The van der Waals surface area contributed by atoms with E-state index in [4.69, 9.17) is 5.73 Å². The lowest BCUT2D eigenvalue weighted by Gasteiger charge is -2.05. The number of carbonyl (C=O) groups is 1. The summed E-state index contributed by atoms with van der Waals surface area (Å²) in [6, 6.07) is 7.36. The largest absolute Gasteiger partial charge is 0.399 e. The number of hydrogen-bond acceptors (Lipinski definition) is 3. The minimum atomic E-state index is 0.0880. The highest BCUT2D eigenvalue weighted by molar-refractivity contribution is 7.12. The number of hydrogen-bond donors (Lipinski definition) is 1. The van der Waals surface area contributed by atoms with Gasteiger partial charge in [-0.25, -0.2) is 0 Å². The van der Waals surface area contributed by atoms with E-state index < -0.39 is 0 Å². The maximum atomic E-state index is 12.2. The molecule has 0 aliphatic carbocycles. The maximum absolute atomic E-state index is 12.2. The van der Waals surface area contributed by atoms with Gasteiger partial charge in [-0.05, 0) is 54.6 Å². The second-order valence-electron chi connectivity index (χ2n) is 3.84. The molecule has 0 aliphatic rings. The van der Waals surface area contributed by atoms with Crippen LogP contribution in [0.25, 0.3) is 0 Å². The quantitative estimate of drug-likeness (QED) is 0.637. The van der Waals surface area contributed by atoms with Gasteiger partial charge in [0.15, 0.2) is 0 Å². The third-order valence-electron chi connectivity index (χ3n) is 2.56. The zero-order chi connectivity index (χ0) is 11.7. The number of nitrogens with two attached hydrogens (primary N) is 1. The monoisotopic (exact) mass is 231 g/mol. The van der Waals surface area contributed by atoms with E-state index in [-0.39, 0.29) is 5.78 Å². The molecule has 0 saturated heterocycles. The Morgan fingerprint density at radius 2 is 1.94 bits per heavy atom. The Bertz CT molecular complexity index is 543. The molecular formula is C13H13NOS. The standard InChI is InChI=1S/C13H13NOS/c1-8-5-6-16-13(8)12(15)11-4-3-10(14)7-9(11)2/h3-7H,14H2,1-2H3. The van der Waals surface area contributed by atoms with Gasteiger partial charge in [-0.15, -0.1) is 11.3 Å². The van der Waals surface area contributed by atoms with Crippen molar-refractivity contribution in [3.63, 3.8) is 0 Å². The van der Waals surface area contributed by atoms with Gasteiger partial charge in [0.25, 0.3) is 0 Å². The minimum absolute atomic E-state index is 0.0880. The molecule has 0 aliphatic heterocycles. The van der Waals surface area contributed by atoms with E-state index in [9.17, 15) is 4.79 Å². The Balaban J connectivity index is 2.46. The molecule has 0 saturated carbocycles. The zero-order valence-electron chi connectivity index (χ0n) is 9.28. The second kappa shape index (κ2) is 4.10. The van der Waals surface area contributed by atoms with Crippen LogP contribution in [-0.4, -0.2) is 5.78 Å². The van der Waals surface area contributed by atoms with Gasteiger partial charge in [-0.3, -0.25) is 4.79 Å². The fraction of sp³-hybridized carbons (Fsp3) is 0.154. The third kappa shape index (κ3) is 1.86. The van der Waals surface area contributed by atoms with Gasteiger partial charge in [0.2, 0.25) is 5.78 Å². The van der Waals surface area contributed by atoms with Gasteiger partial charge >= 0.3 is 0 Å². The average molecular weight is 231 g/mol. The van der Waals surface area contributed by atoms with Crippen molar-refractivity contribution in [2.45, 2.75) is 13.8 Å². The molecule has 0 spiro atoms. The number of nitrogen functional groups attached to an aromatic ring is 1. The summed E-state index contributed by atoms with van der Waals surface area (Å²) >= 11 is 1.48. The van der Waals surface area contributed by atoms with Crippen LogP contribution in [0.5, 0.6) is 0 Å². The highest BCUT2D eigenvalue weighted by atomic mass is 32.1. The summed E-state index contributed by atoms with van der Waals surface area (Å²) < 4.78 is 0. The number of aryl methyl sites for hydroxylation is 2. The predicted molar refractivity (Wildman–Crippen MR) is 68.1 cm³/mol. The van der Waals surface area contributed by atoms with Crippen LogP contribution in [0.4, 0.5) is 5.69 Å². The normalized spacial score (nSPS) is 10.4. The van der Waals surface area contributed by atoms with Crippen molar-refractivity contribution in [3.05, 3.63) is 51.2 Å². The van der Waals surface area contributed by atoms with Crippen LogP contribution in [-0.2, 0) is 0 Å². The SMILES string of the molecule is Cc1cc(N)ccc1C(=O)c1sccc1C. The Morgan fingerprint density at radius 1 is 1.19 bits per heavy atom. The Morgan fingerprint density at radius 3 is 2.50 bits per heavy atom. The van der Waals surface area contributed by atoms with Crippen LogP contribution < -0.4 is 5.73 Å². The number of ketones is 1. The van der Waals surface area contributed by atoms with E-state index in [1.807, 2.05) is 31.4 Å². The molecular weight excluding hydrogens is 218 g/mol. The molecule has 0 atom stereocenters. The van der Waals surface area contributed by atoms with Gasteiger partial charge in [0.05, 0.1) is 4.88 Å². The van der Waals surface area contributed by atoms with Crippen molar-refractivity contribution in [3.8, 4) is 0 Å². The average Bonchev–Trinajstić information content (AvgIpc) is 2.63. The lowest BCUT2D eigenvalue weighted by Crippen LogP contribution is -2.03. The maximum Gasteiger partial charge on any atom is 0.203 e. The molecule has 0 amide bonds. The molecule has 0 unspecified atom stereocenters. The molecule has 2 N–H and O–H groups in total. The fourth-order valence-electron chi connectivity index (χ4n) is 1.67. The molecule has 3 heteroatoms. The molecule has 0 bridgehead atoms. The molecule has 1 heterocycles. The van der Waals surface area contributed by atoms with Crippen molar-refractivity contribution < 1.29 is 4.79 Å². The lowest BCUT2D eigenvalue weighted by atomic mass is 10.0. The van der Waals surface area contributed by atoms with E-state index in [0.29, 0.717) is 5.69 Å². The first-order chi connectivity index (χ1) is 7.59. The van der Waals surface area contributed by atoms with Crippen molar-refractivity contribution in [2.24, 2.45) is 0 Å². The van der Waals surface area contributed by atoms with Gasteiger partial charge < -0.3 is 5.73 Å². The van der Waals surface area contributed by atoms with E-state index in [1.165, 1.54) is 11.3 Å². The van der Waals surface area contributed by atoms with Gasteiger partial charge in [0, 0.05) is 11.3 Å². The molecule has 1 aromatic heterocycles. The van der Waals surface area contributed by atoms with Crippen LogP contribution >= 0.6 is 11.3 Å². The van der Waals surface area contributed by atoms with E-state index in [2.05, 4.69) is 0 Å². The molecule has 2 aromatic rings. The lowest BCUT2D eigenvalue weighted by molar-refractivity contribution is 0.104. The summed E-state index contributed by atoms with van der Waals surface area (Å²) in [5.74, 6) is 0.0880. The topological polar surface area (TPSA) is 43.1 Å². The summed E-state index contributed by atoms with van der Waals surface area (Å²) in [5.41, 5.74) is 9.06. The molecule has 2 nitrogen and oxygen atoms in total. The number of thiophene rings is 1. The van der Waals surface area contributed by atoms with E-state index >= 15 is 0 Å². The predicted octanol–water partition coefficient (Wildman–Crippen LogP) is 3.18. The Hall–Kier alpha value is -1.61. The molecule has 82 valence electrons. The molecule has 16 heavy (non-hydrogen) atoms. The summed E-state index contributed by atoms with van der Waals surface area (Å²) in [4.78, 5) is 13.0. The van der Waals surface area contributed by atoms with Gasteiger partial charge in [0.1, 0.15) is 0 Å². The summed E-state index contributed by atoms with van der Waals surface area (Å²) in [6.07, 6.45) is 0. The molecule has 2 rings (SSSR count). The zero-order valence-corrected chi connectivity index (χ0v) is 10.1. The molecule has 0 radical (unpaired) electrons. The van der Waals surface area contributed by atoms with Crippen LogP contribution in [0, 0.1) is 13.8 Å². The van der Waals surface area contributed by atoms with Crippen LogP contribution in [0.2, 0.25) is 0 Å². The number of carbonyl (C=O) groups excluding carboxylic acids is 1. The Labute approximate surface area is 98.7 Å². The van der Waals surface area contributed by atoms with E-state index in [0.717, 1.165) is 21.6 Å². The third-order valence-corrected chi connectivity index (χ3v) is 3.58. The van der Waals surface area contributed by atoms with Crippen LogP contribution in [0.3, 0.4) is 0 Å². The Kier molecular flexibility index (Phi) is 2.79. The summed E-state index contributed by atoms with van der Waals surface area (Å²) in [7, 11) is 0. The molecule has 0 fully saturated rings. The molecule has 1 aromatic carbocycles. The fourth-order valence-corrected chi connectivity index (χ4v) is 2.55. The first-order valence-corrected chi connectivity index (χ1v) is 5.92. The number of rotatable bonds is 2. The van der Waals surface area contributed by atoms with E-state index in [1.54, 1.807) is 12.1 Å². The first kappa shape index (κ1) is 10.9. The number of benzene rings is 1. The van der Waals surface area contributed by atoms with Crippen molar-refractivity contribution in [1.82, 2.24) is 0 Å². The second-order valence-corrected chi connectivity index (χ2v) is 4.75. The first-order valence-electron chi connectivity index (χ1n) is 5.04. The number of anilines is 1. The van der Waals surface area contributed by atoms with Crippen LogP contribution in [0.15, 0.2) is 29.6 Å². The highest BCUT2D eigenvalue weighted by Crippen LogP contribution is 2.22. The van der Waals surface area contributed by atoms with Crippen molar-refractivity contribution >= 4 is 22.8 Å². The van der Waals surface area contributed by atoms with Gasteiger partial charge in [-0.1, -0.05) is 0 Å². The highest BCUT2D eigenvalue weighted by Gasteiger charge is 2.14. The van der Waals surface area contributed by atoms with Crippen LogP contribution in [0.1, 0.15) is 26.4 Å². The van der Waals surface area contributed by atoms with Gasteiger partial charge in [-0.2, -0.15) is 0 Å². The van der Waals surface area contributed by atoms with Crippen molar-refractivity contribution in [2.75, 3.05) is 5.73 Å².